The predicted octanol–water partition coefficient (Wildman–Crippen LogP) is 0.853. The van der Waals surface area contributed by atoms with Crippen LogP contribution < -0.4 is 0 Å². The summed E-state index contributed by atoms with van der Waals surface area (Å²) >= 11 is 0. The Morgan fingerprint density at radius 3 is 2.22 bits per heavy atom. The number of hydrogen-bond donors (Lipinski definition) is 0. The quantitative estimate of drug-likeness (QED) is 0.406. The molecule has 9 heavy (non-hydrogen) atoms. The minimum atomic E-state index is 0.944. The summed E-state index contributed by atoms with van der Waals surface area (Å²) in [5, 5.41) is 0. The molecule has 2 nitrogen and oxygen atoms in total. The van der Waals surface area contributed by atoms with Crippen molar-refractivity contribution in [3.63, 3.8) is 0 Å². The first-order valence-corrected chi connectivity index (χ1v) is 3.04. The van der Waals surface area contributed by atoms with Gasteiger partial charge in [0.15, 0.2) is 0 Å². The van der Waals surface area contributed by atoms with E-state index in [0.29, 0.717) is 0 Å². The molecule has 0 atom stereocenters. The highest BCUT2D eigenvalue weighted by Gasteiger charge is 2.00. The van der Waals surface area contributed by atoms with E-state index in [-0.39, 0.29) is 0 Å². The fourth-order valence-corrected chi connectivity index (χ4v) is 0.455. The summed E-state index contributed by atoms with van der Waals surface area (Å²) in [4.78, 5) is 0. The molecule has 0 spiro atoms. The van der Waals surface area contributed by atoms with E-state index in [1.54, 1.807) is 13.4 Å². The lowest BCUT2D eigenvalue weighted by molar-refractivity contribution is -0.864. The Labute approximate surface area is 57.3 Å². The van der Waals surface area contributed by atoms with Gasteiger partial charge in [0, 0.05) is 6.08 Å². The topological polar surface area (TPSA) is 9.23 Å². The minimum absolute atomic E-state index is 0.944. The summed E-state index contributed by atoms with van der Waals surface area (Å²) in [6, 6.07) is 0. The van der Waals surface area contributed by atoms with Crippen LogP contribution in [-0.2, 0) is 4.74 Å². The van der Waals surface area contributed by atoms with Gasteiger partial charge in [0.1, 0.15) is 0 Å². The van der Waals surface area contributed by atoms with Gasteiger partial charge in [-0.25, -0.2) is 0 Å². The molecule has 0 aromatic rings. The van der Waals surface area contributed by atoms with Crippen LogP contribution in [0.15, 0.2) is 12.3 Å². The third-order valence-corrected chi connectivity index (χ3v) is 0.885. The van der Waals surface area contributed by atoms with E-state index in [1.165, 1.54) is 0 Å². The van der Waals surface area contributed by atoms with Gasteiger partial charge in [0.25, 0.3) is 0 Å². The molecule has 0 heterocycles. The second kappa shape index (κ2) is 3.51. The third-order valence-electron chi connectivity index (χ3n) is 0.885. The minimum Gasteiger partial charge on any atom is -0.504 e. The molecule has 0 amide bonds. The van der Waals surface area contributed by atoms with Crippen LogP contribution >= 0.6 is 0 Å². The maximum atomic E-state index is 4.75. The fourth-order valence-electron chi connectivity index (χ4n) is 0.455. The van der Waals surface area contributed by atoms with Gasteiger partial charge < -0.3 is 9.22 Å². The number of methoxy groups -OCH3 is 1. The Balaban J connectivity index is 3.38. The van der Waals surface area contributed by atoms with Crippen LogP contribution in [0.3, 0.4) is 0 Å². The van der Waals surface area contributed by atoms with Gasteiger partial charge in [-0.15, -0.1) is 0 Å². The second-order valence-corrected chi connectivity index (χ2v) is 3.08. The molecule has 0 saturated carbocycles. The van der Waals surface area contributed by atoms with Crippen molar-refractivity contribution in [3.05, 3.63) is 12.3 Å². The smallest absolute Gasteiger partial charge is 0.1000 e. The average Bonchev–Trinajstić information content (AvgIpc) is 1.63. The molecular weight excluding hydrogens is 114 g/mol. The highest BCUT2D eigenvalue weighted by Crippen LogP contribution is 1.88. The third kappa shape index (κ3) is 7.50. The van der Waals surface area contributed by atoms with E-state index in [4.69, 9.17) is 4.74 Å². The maximum Gasteiger partial charge on any atom is 0.1000 e. The van der Waals surface area contributed by atoms with Crippen LogP contribution in [0.5, 0.6) is 0 Å². The highest BCUT2D eigenvalue weighted by atomic mass is 16.5. The van der Waals surface area contributed by atoms with E-state index in [2.05, 4.69) is 21.1 Å². The van der Waals surface area contributed by atoms with Crippen molar-refractivity contribution < 1.29 is 9.22 Å². The summed E-state index contributed by atoms with van der Waals surface area (Å²) < 4.78 is 5.69. The molecule has 0 rings (SSSR count). The molecule has 0 aliphatic heterocycles. The van der Waals surface area contributed by atoms with Crippen molar-refractivity contribution in [2.75, 3.05) is 34.8 Å². The summed E-state index contributed by atoms with van der Waals surface area (Å²) in [7, 11) is 8.08. The Morgan fingerprint density at radius 2 is 1.89 bits per heavy atom. The van der Waals surface area contributed by atoms with Crippen LogP contribution in [0.1, 0.15) is 0 Å². The van der Waals surface area contributed by atoms with E-state index >= 15 is 0 Å². The molecule has 0 unspecified atom stereocenters. The second-order valence-electron chi connectivity index (χ2n) is 3.08. The molecule has 0 aromatic heterocycles. The van der Waals surface area contributed by atoms with Crippen LogP contribution in [0.4, 0.5) is 0 Å². The summed E-state index contributed by atoms with van der Waals surface area (Å²) in [6.07, 6.45) is 3.73. The zero-order valence-electron chi connectivity index (χ0n) is 6.72. The van der Waals surface area contributed by atoms with E-state index in [0.717, 1.165) is 11.0 Å². The van der Waals surface area contributed by atoms with Crippen LogP contribution in [-0.4, -0.2) is 39.3 Å². The lowest BCUT2D eigenvalue weighted by atomic mass is 10.5. The van der Waals surface area contributed by atoms with E-state index < -0.39 is 0 Å². The summed E-state index contributed by atoms with van der Waals surface area (Å²) in [6.45, 7) is 1.01. The first-order valence-electron chi connectivity index (χ1n) is 3.04. The molecular formula is C7H16NO+. The Kier molecular flexibility index (Phi) is 3.32. The maximum absolute atomic E-state index is 4.75. The van der Waals surface area contributed by atoms with Gasteiger partial charge in [-0.2, -0.15) is 0 Å². The van der Waals surface area contributed by atoms with Gasteiger partial charge in [0.2, 0.25) is 0 Å². The number of quaternary nitrogens is 1. The molecule has 2 heteroatoms. The van der Waals surface area contributed by atoms with Crippen molar-refractivity contribution in [2.24, 2.45) is 0 Å². The molecule has 0 bridgehead atoms. The van der Waals surface area contributed by atoms with Crippen LogP contribution in [0.25, 0.3) is 0 Å². The molecule has 0 saturated heterocycles. The number of likely N-dealkylation sites (N-methyl/N-ethyl adjacent to an activating group) is 1. The standard InChI is InChI=1S/C7H16NO/c1-8(2,3)6-5-7-9-4/h5,7H,6H2,1-4H3/q+1. The van der Waals surface area contributed by atoms with Gasteiger partial charge in [0.05, 0.1) is 41.1 Å². The van der Waals surface area contributed by atoms with Crippen molar-refractivity contribution in [1.82, 2.24) is 0 Å². The largest absolute Gasteiger partial charge is 0.504 e. The van der Waals surface area contributed by atoms with Gasteiger partial charge >= 0.3 is 0 Å². The van der Waals surface area contributed by atoms with E-state index in [1.807, 2.05) is 6.08 Å². The summed E-state index contributed by atoms with van der Waals surface area (Å²) in [5.41, 5.74) is 0. The van der Waals surface area contributed by atoms with Gasteiger partial charge in [-0.05, 0) is 0 Å². The molecule has 54 valence electrons. The first-order chi connectivity index (χ1) is 4.06. The molecule has 0 fully saturated rings. The lowest BCUT2D eigenvalue weighted by Crippen LogP contribution is -2.34. The highest BCUT2D eigenvalue weighted by molar-refractivity contribution is 4.71. The molecule has 0 aromatic carbocycles. The lowest BCUT2D eigenvalue weighted by Gasteiger charge is -2.21. The van der Waals surface area contributed by atoms with Crippen LogP contribution in [0, 0.1) is 0 Å². The zero-order valence-corrected chi connectivity index (χ0v) is 6.72. The number of ether oxygens (including phenoxy) is 1. The molecule has 0 radical (unpaired) electrons. The predicted molar refractivity (Wildman–Crippen MR) is 39.0 cm³/mol. The molecule has 0 aliphatic rings. The zero-order chi connectivity index (χ0) is 7.33. The summed E-state index contributed by atoms with van der Waals surface area (Å²) in [5.74, 6) is 0. The SMILES string of the molecule is COC=CC[N+](C)(C)C. The fraction of sp³-hybridized carbons (Fsp3) is 0.714. The number of rotatable bonds is 3. The number of nitrogens with zero attached hydrogens (tertiary/aromatic N) is 1. The van der Waals surface area contributed by atoms with Crippen molar-refractivity contribution >= 4 is 0 Å². The Hall–Kier alpha value is -0.500. The first kappa shape index (κ1) is 8.50. The Bertz CT molecular complexity index is 91.6. The Morgan fingerprint density at radius 1 is 1.33 bits per heavy atom. The normalized spacial score (nSPS) is 12.4. The average molecular weight is 130 g/mol. The van der Waals surface area contributed by atoms with Gasteiger partial charge in [-0.1, -0.05) is 0 Å². The van der Waals surface area contributed by atoms with Crippen molar-refractivity contribution in [3.8, 4) is 0 Å². The number of hydrogen-bond acceptors (Lipinski definition) is 1. The van der Waals surface area contributed by atoms with E-state index in [9.17, 15) is 0 Å². The van der Waals surface area contributed by atoms with Crippen LogP contribution in [0.2, 0.25) is 0 Å². The molecule has 0 N–H and O–H groups in total. The molecule has 0 aliphatic carbocycles. The van der Waals surface area contributed by atoms with Crippen molar-refractivity contribution in [2.45, 2.75) is 0 Å². The monoisotopic (exact) mass is 130 g/mol. The van der Waals surface area contributed by atoms with Crippen molar-refractivity contribution in [1.29, 1.82) is 0 Å². The van der Waals surface area contributed by atoms with Gasteiger partial charge in [-0.3, -0.25) is 0 Å².